The maximum absolute atomic E-state index is 12.9. The quantitative estimate of drug-likeness (QED) is 0.878. The van der Waals surface area contributed by atoms with Crippen LogP contribution >= 0.6 is 11.6 Å². The molecule has 0 unspecified atom stereocenters. The average molecular weight is 335 g/mol. The maximum Gasteiger partial charge on any atom is 0.251 e. The highest BCUT2D eigenvalue weighted by Crippen LogP contribution is 2.22. The van der Waals surface area contributed by atoms with E-state index in [-0.39, 0.29) is 29.8 Å². The molecule has 2 aromatic carbocycles. The molecule has 0 spiro atoms. The highest BCUT2D eigenvalue weighted by molar-refractivity contribution is 6.33. The normalized spacial score (nSPS) is 10.2. The van der Waals surface area contributed by atoms with Crippen molar-refractivity contribution in [3.63, 3.8) is 0 Å². The Balaban J connectivity index is 1.83. The number of hydrogen-bond donors (Lipinski definition) is 2. The molecule has 0 atom stereocenters. The zero-order valence-corrected chi connectivity index (χ0v) is 13.3. The Hall–Kier alpha value is -2.40. The standard InChI is InChI=1S/C17H16ClFN2O2/c1-11-4-2-3-5-13(11)17(23)20-9-8-16(22)21-15-7-6-12(19)10-14(15)18/h2-7,10H,8-9H2,1H3,(H,20,23)(H,21,22). The van der Waals surface area contributed by atoms with E-state index in [1.807, 2.05) is 19.1 Å². The molecule has 2 amide bonds. The molecule has 0 fully saturated rings. The van der Waals surface area contributed by atoms with Crippen LogP contribution in [-0.2, 0) is 4.79 Å². The van der Waals surface area contributed by atoms with Crippen LogP contribution in [0.15, 0.2) is 42.5 Å². The van der Waals surface area contributed by atoms with Gasteiger partial charge in [0.2, 0.25) is 5.91 Å². The summed E-state index contributed by atoms with van der Waals surface area (Å²) in [5.74, 6) is -1.02. The van der Waals surface area contributed by atoms with E-state index in [1.165, 1.54) is 12.1 Å². The van der Waals surface area contributed by atoms with Crippen molar-refractivity contribution in [2.24, 2.45) is 0 Å². The molecule has 0 aromatic heterocycles. The smallest absolute Gasteiger partial charge is 0.251 e. The maximum atomic E-state index is 12.9. The first-order chi connectivity index (χ1) is 11.0. The molecule has 0 aliphatic rings. The van der Waals surface area contributed by atoms with E-state index in [9.17, 15) is 14.0 Å². The third-order valence-corrected chi connectivity index (χ3v) is 3.55. The lowest BCUT2D eigenvalue weighted by molar-refractivity contribution is -0.116. The van der Waals surface area contributed by atoms with E-state index in [0.29, 0.717) is 11.3 Å². The fourth-order valence-corrected chi connectivity index (χ4v) is 2.23. The number of nitrogens with one attached hydrogen (secondary N) is 2. The lowest BCUT2D eigenvalue weighted by atomic mass is 10.1. The summed E-state index contributed by atoms with van der Waals surface area (Å²) in [7, 11) is 0. The summed E-state index contributed by atoms with van der Waals surface area (Å²) >= 11 is 5.83. The topological polar surface area (TPSA) is 58.2 Å². The van der Waals surface area contributed by atoms with Crippen LogP contribution < -0.4 is 10.6 Å². The number of carbonyl (C=O) groups is 2. The lowest BCUT2D eigenvalue weighted by Gasteiger charge is -2.09. The van der Waals surface area contributed by atoms with Gasteiger partial charge in [0.25, 0.3) is 5.91 Å². The molecule has 4 nitrogen and oxygen atoms in total. The van der Waals surface area contributed by atoms with Crippen molar-refractivity contribution < 1.29 is 14.0 Å². The van der Waals surface area contributed by atoms with Crippen LogP contribution in [0.1, 0.15) is 22.3 Å². The number of carbonyl (C=O) groups excluding carboxylic acids is 2. The van der Waals surface area contributed by atoms with Crippen molar-refractivity contribution >= 4 is 29.1 Å². The Morgan fingerprint density at radius 2 is 1.91 bits per heavy atom. The molecule has 0 bridgehead atoms. The van der Waals surface area contributed by atoms with Crippen LogP contribution in [0.4, 0.5) is 10.1 Å². The second-order valence-corrected chi connectivity index (χ2v) is 5.40. The van der Waals surface area contributed by atoms with Crippen molar-refractivity contribution in [3.8, 4) is 0 Å². The number of rotatable bonds is 5. The molecular formula is C17H16ClFN2O2. The predicted molar refractivity (Wildman–Crippen MR) is 88.2 cm³/mol. The first kappa shape index (κ1) is 17.0. The minimum Gasteiger partial charge on any atom is -0.352 e. The van der Waals surface area contributed by atoms with E-state index < -0.39 is 5.82 Å². The Kier molecular flexibility index (Phi) is 5.71. The van der Waals surface area contributed by atoms with Gasteiger partial charge in [-0.25, -0.2) is 4.39 Å². The third-order valence-electron chi connectivity index (χ3n) is 3.23. The second-order valence-electron chi connectivity index (χ2n) is 4.99. The lowest BCUT2D eigenvalue weighted by Crippen LogP contribution is -2.28. The number of anilines is 1. The van der Waals surface area contributed by atoms with E-state index in [1.54, 1.807) is 12.1 Å². The Morgan fingerprint density at radius 1 is 1.17 bits per heavy atom. The Labute approximate surface area is 138 Å². The van der Waals surface area contributed by atoms with Gasteiger partial charge in [-0.1, -0.05) is 29.8 Å². The molecule has 0 heterocycles. The highest BCUT2D eigenvalue weighted by Gasteiger charge is 2.10. The second kappa shape index (κ2) is 7.74. The van der Waals surface area contributed by atoms with Gasteiger partial charge >= 0.3 is 0 Å². The van der Waals surface area contributed by atoms with E-state index in [4.69, 9.17) is 11.6 Å². The van der Waals surface area contributed by atoms with E-state index in [2.05, 4.69) is 10.6 Å². The monoisotopic (exact) mass is 334 g/mol. The largest absolute Gasteiger partial charge is 0.352 e. The molecule has 0 saturated heterocycles. The van der Waals surface area contributed by atoms with Crippen LogP contribution in [-0.4, -0.2) is 18.4 Å². The molecule has 2 aromatic rings. The van der Waals surface area contributed by atoms with Crippen LogP contribution in [0.2, 0.25) is 5.02 Å². The zero-order chi connectivity index (χ0) is 16.8. The third kappa shape index (κ3) is 4.79. The van der Waals surface area contributed by atoms with E-state index >= 15 is 0 Å². The van der Waals surface area contributed by atoms with Crippen molar-refractivity contribution in [2.45, 2.75) is 13.3 Å². The van der Waals surface area contributed by atoms with Gasteiger partial charge in [-0.3, -0.25) is 9.59 Å². The summed E-state index contributed by atoms with van der Waals surface area (Å²) in [6, 6.07) is 10.9. The van der Waals surface area contributed by atoms with Gasteiger partial charge in [-0.2, -0.15) is 0 Å². The van der Waals surface area contributed by atoms with E-state index in [0.717, 1.165) is 11.6 Å². The number of benzene rings is 2. The van der Waals surface area contributed by atoms with Gasteiger partial charge in [0.15, 0.2) is 0 Å². The number of amides is 2. The van der Waals surface area contributed by atoms with Crippen molar-refractivity contribution in [3.05, 3.63) is 64.4 Å². The molecule has 120 valence electrons. The summed E-state index contributed by atoms with van der Waals surface area (Å²) in [4.78, 5) is 23.8. The molecule has 2 rings (SSSR count). The molecule has 6 heteroatoms. The van der Waals surface area contributed by atoms with Gasteiger partial charge in [0.05, 0.1) is 10.7 Å². The predicted octanol–water partition coefficient (Wildman–Crippen LogP) is 3.55. The van der Waals surface area contributed by atoms with Gasteiger partial charge in [-0.05, 0) is 36.8 Å². The first-order valence-electron chi connectivity index (χ1n) is 7.06. The molecular weight excluding hydrogens is 319 g/mol. The minimum absolute atomic E-state index is 0.0886. The average Bonchev–Trinajstić information content (AvgIpc) is 2.50. The van der Waals surface area contributed by atoms with Crippen molar-refractivity contribution in [2.75, 3.05) is 11.9 Å². The van der Waals surface area contributed by atoms with Crippen LogP contribution in [0.25, 0.3) is 0 Å². The van der Waals surface area contributed by atoms with Crippen LogP contribution in [0, 0.1) is 12.7 Å². The fraction of sp³-hybridized carbons (Fsp3) is 0.176. The first-order valence-corrected chi connectivity index (χ1v) is 7.44. The van der Waals surface area contributed by atoms with Crippen LogP contribution in [0.5, 0.6) is 0 Å². The molecule has 0 radical (unpaired) electrons. The molecule has 2 N–H and O–H groups in total. The summed E-state index contributed by atoms with van der Waals surface area (Å²) < 4.78 is 12.9. The summed E-state index contributed by atoms with van der Waals surface area (Å²) in [5, 5.41) is 5.39. The summed E-state index contributed by atoms with van der Waals surface area (Å²) in [5.41, 5.74) is 1.78. The van der Waals surface area contributed by atoms with Gasteiger partial charge < -0.3 is 10.6 Å². The van der Waals surface area contributed by atoms with Gasteiger partial charge in [0.1, 0.15) is 5.82 Å². The number of halogens is 2. The minimum atomic E-state index is -0.474. The van der Waals surface area contributed by atoms with Crippen molar-refractivity contribution in [1.29, 1.82) is 0 Å². The zero-order valence-electron chi connectivity index (χ0n) is 12.5. The Bertz CT molecular complexity index is 734. The fourth-order valence-electron chi connectivity index (χ4n) is 2.02. The Morgan fingerprint density at radius 3 is 2.61 bits per heavy atom. The summed E-state index contributed by atoms with van der Waals surface area (Å²) in [6.45, 7) is 2.04. The van der Waals surface area contributed by atoms with Crippen LogP contribution in [0.3, 0.4) is 0 Å². The van der Waals surface area contributed by atoms with Gasteiger partial charge in [-0.15, -0.1) is 0 Å². The number of hydrogen-bond acceptors (Lipinski definition) is 2. The molecule has 0 aliphatic carbocycles. The molecule has 0 aliphatic heterocycles. The van der Waals surface area contributed by atoms with Gasteiger partial charge in [0, 0.05) is 18.5 Å². The number of aryl methyl sites for hydroxylation is 1. The summed E-state index contributed by atoms with van der Waals surface area (Å²) in [6.07, 6.45) is 0.0886. The SMILES string of the molecule is Cc1ccccc1C(=O)NCCC(=O)Nc1ccc(F)cc1Cl. The molecule has 0 saturated carbocycles. The highest BCUT2D eigenvalue weighted by atomic mass is 35.5. The molecule has 23 heavy (non-hydrogen) atoms. The van der Waals surface area contributed by atoms with Crippen molar-refractivity contribution in [1.82, 2.24) is 5.32 Å².